The van der Waals surface area contributed by atoms with Gasteiger partial charge in [0.1, 0.15) is 5.82 Å². The molecule has 0 amide bonds. The summed E-state index contributed by atoms with van der Waals surface area (Å²) in [6.07, 6.45) is 2.91. The fourth-order valence-corrected chi connectivity index (χ4v) is 1.68. The van der Waals surface area contributed by atoms with E-state index in [1.165, 1.54) is 0 Å². The Morgan fingerprint density at radius 3 is 2.67 bits per heavy atom. The van der Waals surface area contributed by atoms with E-state index >= 15 is 0 Å². The summed E-state index contributed by atoms with van der Waals surface area (Å²) >= 11 is 0. The van der Waals surface area contributed by atoms with Gasteiger partial charge in [0.2, 0.25) is 0 Å². The maximum Gasteiger partial charge on any atom is 0.149 e. The van der Waals surface area contributed by atoms with Gasteiger partial charge >= 0.3 is 0 Å². The van der Waals surface area contributed by atoms with Gasteiger partial charge in [-0.3, -0.25) is 0 Å². The van der Waals surface area contributed by atoms with Gasteiger partial charge in [-0.05, 0) is 37.8 Å². The summed E-state index contributed by atoms with van der Waals surface area (Å²) < 4.78 is 0. The second-order valence-corrected chi connectivity index (χ2v) is 4.57. The molecule has 15 heavy (non-hydrogen) atoms. The zero-order valence-corrected chi connectivity index (χ0v) is 10.0. The van der Waals surface area contributed by atoms with Crippen LogP contribution >= 0.6 is 0 Å². The van der Waals surface area contributed by atoms with Crippen LogP contribution in [0.3, 0.4) is 0 Å². The standard InChI is InChI=1S/C12H21N3/c1-8(2)7-10(4)15-12-11(13)9(3)5-6-14-12/h5-6,8,10H,7,13H2,1-4H3,(H,14,15). The van der Waals surface area contributed by atoms with Crippen molar-refractivity contribution in [1.29, 1.82) is 0 Å². The minimum absolute atomic E-state index is 0.404. The van der Waals surface area contributed by atoms with Crippen LogP contribution in [0.5, 0.6) is 0 Å². The van der Waals surface area contributed by atoms with E-state index in [0.29, 0.717) is 12.0 Å². The molecule has 1 rings (SSSR count). The number of nitrogens with one attached hydrogen (secondary N) is 1. The van der Waals surface area contributed by atoms with E-state index in [-0.39, 0.29) is 0 Å². The summed E-state index contributed by atoms with van der Waals surface area (Å²) in [5.74, 6) is 1.49. The third kappa shape index (κ3) is 3.42. The number of hydrogen-bond acceptors (Lipinski definition) is 3. The number of nitrogens with two attached hydrogens (primary N) is 1. The Hall–Kier alpha value is -1.25. The van der Waals surface area contributed by atoms with E-state index < -0.39 is 0 Å². The lowest BCUT2D eigenvalue weighted by Crippen LogP contribution is -2.19. The summed E-state index contributed by atoms with van der Waals surface area (Å²) in [6.45, 7) is 8.58. The van der Waals surface area contributed by atoms with Crippen molar-refractivity contribution in [3.8, 4) is 0 Å². The molecule has 0 fully saturated rings. The van der Waals surface area contributed by atoms with Crippen LogP contribution < -0.4 is 11.1 Å². The number of aromatic nitrogens is 1. The highest BCUT2D eigenvalue weighted by Gasteiger charge is 2.08. The zero-order valence-electron chi connectivity index (χ0n) is 10.0. The average Bonchev–Trinajstić information content (AvgIpc) is 2.11. The number of nitrogens with zero attached hydrogens (tertiary/aromatic N) is 1. The number of aryl methyl sites for hydroxylation is 1. The van der Waals surface area contributed by atoms with E-state index in [0.717, 1.165) is 23.5 Å². The van der Waals surface area contributed by atoms with Crippen molar-refractivity contribution in [3.63, 3.8) is 0 Å². The lowest BCUT2D eigenvalue weighted by Gasteiger charge is -2.18. The van der Waals surface area contributed by atoms with Crippen LogP contribution in [0.2, 0.25) is 0 Å². The Morgan fingerprint density at radius 2 is 2.07 bits per heavy atom. The van der Waals surface area contributed by atoms with E-state index in [1.54, 1.807) is 6.20 Å². The Labute approximate surface area is 92.1 Å². The Balaban J connectivity index is 2.68. The number of anilines is 2. The first kappa shape index (κ1) is 11.8. The van der Waals surface area contributed by atoms with Gasteiger partial charge in [-0.25, -0.2) is 4.98 Å². The minimum Gasteiger partial charge on any atom is -0.396 e. The first-order chi connectivity index (χ1) is 7.00. The second kappa shape index (κ2) is 5.01. The molecule has 0 aliphatic heterocycles. The molecule has 1 unspecified atom stereocenters. The third-order valence-electron chi connectivity index (χ3n) is 2.42. The van der Waals surface area contributed by atoms with Crippen LogP contribution in [0.25, 0.3) is 0 Å². The van der Waals surface area contributed by atoms with Crippen LogP contribution in [0.4, 0.5) is 11.5 Å². The van der Waals surface area contributed by atoms with Crippen molar-refractivity contribution in [3.05, 3.63) is 17.8 Å². The molecule has 84 valence electrons. The summed E-state index contributed by atoms with van der Waals surface area (Å²) in [6, 6.07) is 2.33. The fourth-order valence-electron chi connectivity index (χ4n) is 1.68. The van der Waals surface area contributed by atoms with E-state index in [1.807, 2.05) is 13.0 Å². The summed E-state index contributed by atoms with van der Waals surface area (Å²) in [5.41, 5.74) is 7.77. The molecule has 0 aromatic carbocycles. The van der Waals surface area contributed by atoms with Gasteiger partial charge in [-0.2, -0.15) is 0 Å². The number of hydrogen-bond donors (Lipinski definition) is 2. The lowest BCUT2D eigenvalue weighted by molar-refractivity contribution is 0.539. The molecule has 3 nitrogen and oxygen atoms in total. The summed E-state index contributed by atoms with van der Waals surface area (Å²) in [4.78, 5) is 4.25. The summed E-state index contributed by atoms with van der Waals surface area (Å²) in [7, 11) is 0. The number of rotatable bonds is 4. The molecule has 0 saturated carbocycles. The van der Waals surface area contributed by atoms with Crippen LogP contribution in [-0.4, -0.2) is 11.0 Å². The SMILES string of the molecule is Cc1ccnc(NC(C)CC(C)C)c1N. The molecule has 1 aromatic heterocycles. The van der Waals surface area contributed by atoms with Crippen molar-refractivity contribution in [2.75, 3.05) is 11.1 Å². The fraction of sp³-hybridized carbons (Fsp3) is 0.583. The topological polar surface area (TPSA) is 50.9 Å². The molecule has 0 bridgehead atoms. The smallest absolute Gasteiger partial charge is 0.149 e. The highest BCUT2D eigenvalue weighted by Crippen LogP contribution is 2.20. The van der Waals surface area contributed by atoms with Crippen LogP contribution in [0, 0.1) is 12.8 Å². The highest BCUT2D eigenvalue weighted by molar-refractivity contribution is 5.65. The molecular weight excluding hydrogens is 186 g/mol. The average molecular weight is 207 g/mol. The first-order valence-electron chi connectivity index (χ1n) is 5.48. The van der Waals surface area contributed by atoms with Gasteiger partial charge < -0.3 is 11.1 Å². The molecule has 1 aromatic rings. The zero-order chi connectivity index (χ0) is 11.4. The Kier molecular flexibility index (Phi) is 3.95. The lowest BCUT2D eigenvalue weighted by atomic mass is 10.1. The number of nitrogen functional groups attached to an aromatic ring is 1. The predicted octanol–water partition coefficient (Wildman–Crippen LogP) is 2.82. The van der Waals surface area contributed by atoms with Crippen molar-refractivity contribution in [2.24, 2.45) is 5.92 Å². The van der Waals surface area contributed by atoms with Gasteiger partial charge in [0.25, 0.3) is 0 Å². The largest absolute Gasteiger partial charge is 0.396 e. The third-order valence-corrected chi connectivity index (χ3v) is 2.42. The van der Waals surface area contributed by atoms with E-state index in [2.05, 4.69) is 31.1 Å². The Bertz CT molecular complexity index is 321. The van der Waals surface area contributed by atoms with Crippen molar-refractivity contribution in [1.82, 2.24) is 4.98 Å². The molecule has 0 aliphatic carbocycles. The van der Waals surface area contributed by atoms with E-state index in [4.69, 9.17) is 5.73 Å². The van der Waals surface area contributed by atoms with Gasteiger partial charge in [-0.1, -0.05) is 13.8 Å². The molecular formula is C12H21N3. The Morgan fingerprint density at radius 1 is 1.40 bits per heavy atom. The van der Waals surface area contributed by atoms with Crippen molar-refractivity contribution >= 4 is 11.5 Å². The van der Waals surface area contributed by atoms with Crippen LogP contribution in [0.15, 0.2) is 12.3 Å². The normalized spacial score (nSPS) is 12.9. The highest BCUT2D eigenvalue weighted by atomic mass is 15.0. The molecule has 3 heteroatoms. The van der Waals surface area contributed by atoms with E-state index in [9.17, 15) is 0 Å². The predicted molar refractivity (Wildman–Crippen MR) is 65.9 cm³/mol. The van der Waals surface area contributed by atoms with Crippen LogP contribution in [-0.2, 0) is 0 Å². The summed E-state index contributed by atoms with van der Waals surface area (Å²) in [5, 5.41) is 3.35. The quantitative estimate of drug-likeness (QED) is 0.798. The molecule has 0 spiro atoms. The molecule has 0 radical (unpaired) electrons. The second-order valence-electron chi connectivity index (χ2n) is 4.57. The van der Waals surface area contributed by atoms with Gasteiger partial charge in [0.15, 0.2) is 0 Å². The van der Waals surface area contributed by atoms with Crippen molar-refractivity contribution in [2.45, 2.75) is 40.2 Å². The molecule has 1 heterocycles. The monoisotopic (exact) mass is 207 g/mol. The van der Waals surface area contributed by atoms with Crippen molar-refractivity contribution < 1.29 is 0 Å². The molecule has 1 atom stereocenters. The van der Waals surface area contributed by atoms with Gasteiger partial charge in [0, 0.05) is 12.2 Å². The van der Waals surface area contributed by atoms with Crippen LogP contribution in [0.1, 0.15) is 32.8 Å². The molecule has 0 aliphatic rings. The molecule has 0 saturated heterocycles. The first-order valence-corrected chi connectivity index (χ1v) is 5.48. The van der Waals surface area contributed by atoms with Gasteiger partial charge in [-0.15, -0.1) is 0 Å². The minimum atomic E-state index is 0.404. The number of pyridine rings is 1. The maximum absolute atomic E-state index is 5.94. The maximum atomic E-state index is 5.94. The van der Waals surface area contributed by atoms with Gasteiger partial charge in [0.05, 0.1) is 5.69 Å². The molecule has 3 N–H and O–H groups in total.